The van der Waals surface area contributed by atoms with Gasteiger partial charge in [0, 0.05) is 19.3 Å². The zero-order chi connectivity index (χ0) is 60.3. The summed E-state index contributed by atoms with van der Waals surface area (Å²) in [6, 6.07) is 0. The highest BCUT2D eigenvalue weighted by atomic mass is 16.7. The van der Waals surface area contributed by atoms with Crippen molar-refractivity contribution in [2.75, 3.05) is 13.2 Å². The molecule has 0 aromatic carbocycles. The molecule has 0 saturated carbocycles. The lowest BCUT2D eigenvalue weighted by molar-refractivity contribution is -0.301. The molecule has 0 aromatic heterocycles. The topological polar surface area (TPSA) is 175 Å². The maximum atomic E-state index is 13.2. The second kappa shape index (κ2) is 57.8. The summed E-state index contributed by atoms with van der Waals surface area (Å²) >= 11 is 0. The minimum absolute atomic E-state index is 0.0474. The number of unbranched alkanes of at least 4 members (excludes halogenated alkanes) is 23. The average molecular weight is 1160 g/mol. The molecular formula is C71H116O12. The number of hydrogen-bond acceptors (Lipinski definition) is 11. The van der Waals surface area contributed by atoms with Gasteiger partial charge in [0.15, 0.2) is 24.6 Å². The quantitative estimate of drug-likeness (QED) is 0.0228. The van der Waals surface area contributed by atoms with Gasteiger partial charge in [-0.15, -0.1) is 0 Å². The molecule has 1 aliphatic heterocycles. The largest absolute Gasteiger partial charge is 0.479 e. The lowest BCUT2D eigenvalue weighted by Gasteiger charge is -2.40. The second-order valence-corrected chi connectivity index (χ2v) is 22.0. The summed E-state index contributed by atoms with van der Waals surface area (Å²) in [5.74, 6) is -3.17. The predicted octanol–water partition coefficient (Wildman–Crippen LogP) is 17.8. The SMILES string of the molecule is CC/C=C\C/C=C\C/C=C\C/C=C\CCCCCCC(=O)OCC(COC1OC(C(=O)O)C(O)C(O)C1OC(=O)CCCCCCCCCCC/C=C\C/C=C\CCCCC)OC(=O)CCCCCCCCC/C=C\C/C=C\C/C=C\CC. The number of carboxylic acid groups (broad SMARTS) is 1. The summed E-state index contributed by atoms with van der Waals surface area (Å²) in [6.07, 6.45) is 66.1. The molecule has 12 heteroatoms. The van der Waals surface area contributed by atoms with Gasteiger partial charge in [0.05, 0.1) is 6.61 Å². The number of rotatable bonds is 55. The highest BCUT2D eigenvalue weighted by Crippen LogP contribution is 2.26. The smallest absolute Gasteiger partial charge is 0.335 e. The van der Waals surface area contributed by atoms with E-state index in [0.717, 1.165) is 154 Å². The Labute approximate surface area is 504 Å². The molecule has 1 aliphatic rings. The molecule has 1 rings (SSSR count). The third kappa shape index (κ3) is 47.3. The fraction of sp³-hybridized carbons (Fsp3) is 0.690. The van der Waals surface area contributed by atoms with Crippen LogP contribution in [0.25, 0.3) is 0 Å². The van der Waals surface area contributed by atoms with E-state index in [2.05, 4.69) is 130 Å². The highest BCUT2D eigenvalue weighted by molar-refractivity contribution is 5.74. The van der Waals surface area contributed by atoms with Crippen LogP contribution in [-0.2, 0) is 42.9 Å². The number of aliphatic hydroxyl groups excluding tert-OH is 2. The Balaban J connectivity index is 2.68. The monoisotopic (exact) mass is 1160 g/mol. The van der Waals surface area contributed by atoms with Crippen LogP contribution in [0.4, 0.5) is 0 Å². The van der Waals surface area contributed by atoms with Gasteiger partial charge < -0.3 is 39.0 Å². The third-order valence-electron chi connectivity index (χ3n) is 14.3. The first-order valence-electron chi connectivity index (χ1n) is 32.9. The van der Waals surface area contributed by atoms with Gasteiger partial charge in [-0.3, -0.25) is 14.4 Å². The first kappa shape index (κ1) is 76.4. The van der Waals surface area contributed by atoms with Gasteiger partial charge >= 0.3 is 23.9 Å². The van der Waals surface area contributed by atoms with Crippen LogP contribution in [0.1, 0.15) is 265 Å². The number of aliphatic carboxylic acids is 1. The third-order valence-corrected chi connectivity index (χ3v) is 14.3. The zero-order valence-electron chi connectivity index (χ0n) is 52.2. The lowest BCUT2D eigenvalue weighted by atomic mass is 9.98. The van der Waals surface area contributed by atoms with Crippen LogP contribution in [0.15, 0.2) is 109 Å². The van der Waals surface area contributed by atoms with Gasteiger partial charge in [0.25, 0.3) is 0 Å². The van der Waals surface area contributed by atoms with Gasteiger partial charge in [0.1, 0.15) is 18.8 Å². The van der Waals surface area contributed by atoms with E-state index < -0.39 is 67.3 Å². The van der Waals surface area contributed by atoms with Crippen molar-refractivity contribution in [1.82, 2.24) is 0 Å². The van der Waals surface area contributed by atoms with Crippen molar-refractivity contribution < 1.29 is 58.2 Å². The number of hydrogen-bond donors (Lipinski definition) is 3. The Morgan fingerprint density at radius 1 is 0.410 bits per heavy atom. The molecule has 472 valence electrons. The fourth-order valence-electron chi connectivity index (χ4n) is 9.34. The first-order chi connectivity index (χ1) is 40.6. The highest BCUT2D eigenvalue weighted by Gasteiger charge is 2.50. The van der Waals surface area contributed by atoms with Crippen molar-refractivity contribution in [2.24, 2.45) is 0 Å². The summed E-state index contributed by atoms with van der Waals surface area (Å²) in [7, 11) is 0. The summed E-state index contributed by atoms with van der Waals surface area (Å²) in [5.41, 5.74) is 0. The number of carboxylic acids is 1. The lowest BCUT2D eigenvalue weighted by Crippen LogP contribution is -2.61. The van der Waals surface area contributed by atoms with E-state index in [4.69, 9.17) is 23.7 Å². The number of ether oxygens (including phenoxy) is 5. The van der Waals surface area contributed by atoms with Gasteiger partial charge in [-0.1, -0.05) is 233 Å². The van der Waals surface area contributed by atoms with Crippen LogP contribution >= 0.6 is 0 Å². The summed E-state index contributed by atoms with van der Waals surface area (Å²) in [4.78, 5) is 51.4. The zero-order valence-corrected chi connectivity index (χ0v) is 52.2. The summed E-state index contributed by atoms with van der Waals surface area (Å²) in [6.45, 7) is 5.74. The minimum atomic E-state index is -1.92. The van der Waals surface area contributed by atoms with E-state index in [1.54, 1.807) is 0 Å². The molecule has 6 atom stereocenters. The van der Waals surface area contributed by atoms with Crippen molar-refractivity contribution in [3.8, 4) is 0 Å². The normalized spacial score (nSPS) is 18.3. The van der Waals surface area contributed by atoms with Crippen molar-refractivity contribution in [1.29, 1.82) is 0 Å². The fourth-order valence-corrected chi connectivity index (χ4v) is 9.34. The number of carbonyl (C=O) groups excluding carboxylic acids is 3. The van der Waals surface area contributed by atoms with Crippen molar-refractivity contribution >= 4 is 23.9 Å². The molecule has 6 unspecified atom stereocenters. The second-order valence-electron chi connectivity index (χ2n) is 22.0. The minimum Gasteiger partial charge on any atom is -0.479 e. The molecule has 0 radical (unpaired) electrons. The molecule has 3 N–H and O–H groups in total. The van der Waals surface area contributed by atoms with E-state index in [1.165, 1.54) is 51.4 Å². The van der Waals surface area contributed by atoms with Gasteiger partial charge in [-0.2, -0.15) is 0 Å². The van der Waals surface area contributed by atoms with Crippen molar-refractivity contribution in [3.63, 3.8) is 0 Å². The Kier molecular flexibility index (Phi) is 53.2. The summed E-state index contributed by atoms with van der Waals surface area (Å²) < 4.78 is 28.5. The standard InChI is InChI=1S/C71H116O12/c1-4-7-10-13-16-19-22-25-28-31-32-35-38-41-44-47-50-53-56-59-65(74)82-69-67(76)66(75)68(70(77)78)83-71(69)80-61-62(81-64(73)58-55-52-49-46-43-40-37-34-30-27-24-21-18-15-12-9-6-3)60-79-63(72)57-54-51-48-45-42-39-36-33-29-26-23-20-17-14-11-8-5-2/h8-9,11-12,16-21,25-30,36,39,62,66-69,71,75-76H,4-7,10,13-15,22-24,31-35,37-38,40-61H2,1-3H3,(H,77,78)/b11-8-,12-9-,19-16-,20-17-,21-18-,28-25-,29-26-,30-27-,39-36-. The predicted molar refractivity (Wildman–Crippen MR) is 340 cm³/mol. The molecule has 0 spiro atoms. The molecule has 0 amide bonds. The molecular weight excluding hydrogens is 1040 g/mol. The molecule has 1 fully saturated rings. The van der Waals surface area contributed by atoms with Crippen LogP contribution in [0.5, 0.6) is 0 Å². The number of aliphatic hydroxyl groups is 2. The van der Waals surface area contributed by atoms with Crippen molar-refractivity contribution in [3.05, 3.63) is 109 Å². The van der Waals surface area contributed by atoms with Gasteiger partial charge in [0.2, 0.25) is 0 Å². The van der Waals surface area contributed by atoms with E-state index in [0.29, 0.717) is 19.3 Å². The van der Waals surface area contributed by atoms with Crippen LogP contribution in [-0.4, -0.2) is 89.2 Å². The molecule has 0 aromatic rings. The Morgan fingerprint density at radius 3 is 1.16 bits per heavy atom. The Morgan fingerprint density at radius 2 is 0.759 bits per heavy atom. The molecule has 0 aliphatic carbocycles. The Bertz CT molecular complexity index is 1860. The molecule has 1 saturated heterocycles. The summed E-state index contributed by atoms with van der Waals surface area (Å²) in [5, 5.41) is 31.6. The van der Waals surface area contributed by atoms with E-state index in [1.807, 2.05) is 0 Å². The maximum Gasteiger partial charge on any atom is 0.335 e. The number of carbonyl (C=O) groups is 4. The van der Waals surface area contributed by atoms with Crippen LogP contribution in [0.2, 0.25) is 0 Å². The van der Waals surface area contributed by atoms with Gasteiger partial charge in [-0.05, 0) is 122 Å². The van der Waals surface area contributed by atoms with E-state index >= 15 is 0 Å². The maximum absolute atomic E-state index is 13.2. The molecule has 83 heavy (non-hydrogen) atoms. The van der Waals surface area contributed by atoms with Crippen LogP contribution in [0, 0.1) is 0 Å². The number of allylic oxidation sites excluding steroid dienone is 18. The van der Waals surface area contributed by atoms with Crippen molar-refractivity contribution in [2.45, 2.75) is 302 Å². The molecule has 1 heterocycles. The average Bonchev–Trinajstić information content (AvgIpc) is 3.58. The first-order valence-corrected chi connectivity index (χ1v) is 32.9. The molecule has 0 bridgehead atoms. The number of esters is 3. The van der Waals surface area contributed by atoms with E-state index in [9.17, 15) is 34.5 Å². The van der Waals surface area contributed by atoms with Gasteiger partial charge in [-0.25, -0.2) is 4.79 Å². The molecule has 12 nitrogen and oxygen atoms in total. The Hall–Kier alpha value is -4.62. The van der Waals surface area contributed by atoms with E-state index in [-0.39, 0.29) is 25.9 Å². The van der Waals surface area contributed by atoms with Crippen LogP contribution in [0.3, 0.4) is 0 Å². The van der Waals surface area contributed by atoms with Crippen LogP contribution < -0.4 is 0 Å².